The second-order valence-electron chi connectivity index (χ2n) is 11.6. The zero-order valence-corrected chi connectivity index (χ0v) is 21.6. The van der Waals surface area contributed by atoms with Gasteiger partial charge in [-0.1, -0.05) is 0 Å². The highest BCUT2D eigenvalue weighted by Gasteiger charge is 2.63. The Kier molecular flexibility index (Phi) is 7.31. The van der Waals surface area contributed by atoms with Gasteiger partial charge in [-0.2, -0.15) is 4.90 Å². The summed E-state index contributed by atoms with van der Waals surface area (Å²) in [5.41, 5.74) is -4.32. The van der Waals surface area contributed by atoms with Crippen molar-refractivity contribution in [2.75, 3.05) is 13.1 Å². The fourth-order valence-electron chi connectivity index (χ4n) is 3.77. The number of hydrogen-bond donors (Lipinski definition) is 0. The van der Waals surface area contributed by atoms with Crippen LogP contribution >= 0.6 is 0 Å². The molecular weight excluding hydrogens is 446 g/mol. The zero-order chi connectivity index (χ0) is 26.3. The maximum atomic E-state index is 13.6. The lowest BCUT2D eigenvalue weighted by Crippen LogP contribution is -2.54. The summed E-state index contributed by atoms with van der Waals surface area (Å²) in [4.78, 5) is 67.9. The number of rotatable bonds is 0. The standard InChI is InChI=1S/C23H37N3O8/c1-20(2,3)32-17(29)24-13-10-11-23(12-14-24)15(27)25(18(30)33-21(4,5)6)16(28)26(23)19(31)34-22(7,8)9/h10-14H2,1-9H3. The van der Waals surface area contributed by atoms with E-state index in [0.29, 0.717) is 16.2 Å². The van der Waals surface area contributed by atoms with Gasteiger partial charge in [-0.25, -0.2) is 24.1 Å². The third kappa shape index (κ3) is 6.18. The molecule has 2 fully saturated rings. The van der Waals surface area contributed by atoms with Crippen LogP contribution in [0, 0.1) is 0 Å². The molecule has 0 aliphatic carbocycles. The minimum absolute atomic E-state index is 0.0371. The molecule has 11 nitrogen and oxygen atoms in total. The summed E-state index contributed by atoms with van der Waals surface area (Å²) in [5, 5.41) is 0. The van der Waals surface area contributed by atoms with Gasteiger partial charge >= 0.3 is 24.3 Å². The van der Waals surface area contributed by atoms with Crippen molar-refractivity contribution >= 4 is 30.2 Å². The molecular formula is C23H37N3O8. The Morgan fingerprint density at radius 3 is 1.68 bits per heavy atom. The van der Waals surface area contributed by atoms with E-state index in [-0.39, 0.29) is 25.9 Å². The maximum absolute atomic E-state index is 13.6. The van der Waals surface area contributed by atoms with Gasteiger partial charge in [0.05, 0.1) is 0 Å². The van der Waals surface area contributed by atoms with E-state index in [0.717, 1.165) is 0 Å². The Morgan fingerprint density at radius 1 is 0.706 bits per heavy atom. The van der Waals surface area contributed by atoms with Gasteiger partial charge in [0.2, 0.25) is 0 Å². The van der Waals surface area contributed by atoms with Crippen molar-refractivity contribution in [3.8, 4) is 0 Å². The molecule has 34 heavy (non-hydrogen) atoms. The van der Waals surface area contributed by atoms with Crippen molar-refractivity contribution in [1.29, 1.82) is 0 Å². The topological polar surface area (TPSA) is 123 Å². The number of amides is 6. The first-order valence-corrected chi connectivity index (χ1v) is 11.4. The largest absolute Gasteiger partial charge is 0.444 e. The molecule has 1 spiro atoms. The van der Waals surface area contributed by atoms with Crippen molar-refractivity contribution in [2.24, 2.45) is 0 Å². The van der Waals surface area contributed by atoms with Gasteiger partial charge in [0.15, 0.2) is 0 Å². The lowest BCUT2D eigenvalue weighted by Gasteiger charge is -2.34. The quantitative estimate of drug-likeness (QED) is 0.369. The molecule has 1 atom stereocenters. The first-order chi connectivity index (χ1) is 15.3. The van der Waals surface area contributed by atoms with E-state index in [2.05, 4.69) is 0 Å². The lowest BCUT2D eigenvalue weighted by atomic mass is 9.89. The summed E-state index contributed by atoms with van der Waals surface area (Å²) < 4.78 is 16.1. The van der Waals surface area contributed by atoms with Gasteiger partial charge < -0.3 is 19.1 Å². The molecule has 0 aromatic rings. The average Bonchev–Trinajstić information content (AvgIpc) is 2.72. The third-order valence-corrected chi connectivity index (χ3v) is 5.03. The van der Waals surface area contributed by atoms with Crippen LogP contribution < -0.4 is 0 Å². The molecule has 0 saturated carbocycles. The summed E-state index contributed by atoms with van der Waals surface area (Å²) in [6.07, 6.45) is -2.50. The van der Waals surface area contributed by atoms with Crippen LogP contribution in [0.1, 0.15) is 81.6 Å². The number of carbonyl (C=O) groups excluding carboxylic acids is 5. The van der Waals surface area contributed by atoms with Crippen molar-refractivity contribution in [1.82, 2.24) is 14.7 Å². The van der Waals surface area contributed by atoms with E-state index in [9.17, 15) is 24.0 Å². The Labute approximate surface area is 200 Å². The molecule has 0 bridgehead atoms. The predicted octanol–water partition coefficient (Wildman–Crippen LogP) is 4.28. The number of urea groups is 1. The van der Waals surface area contributed by atoms with E-state index >= 15 is 0 Å². The van der Waals surface area contributed by atoms with E-state index in [1.165, 1.54) is 4.90 Å². The molecule has 0 aromatic carbocycles. The minimum atomic E-state index is -1.69. The van der Waals surface area contributed by atoms with Crippen molar-refractivity contribution in [2.45, 2.75) is 104 Å². The van der Waals surface area contributed by atoms with Gasteiger partial charge in [0.1, 0.15) is 22.3 Å². The number of likely N-dealkylation sites (tertiary alicyclic amines) is 1. The lowest BCUT2D eigenvalue weighted by molar-refractivity contribution is -0.133. The Hall–Kier alpha value is -2.85. The highest BCUT2D eigenvalue weighted by Crippen LogP contribution is 2.39. The van der Waals surface area contributed by atoms with Gasteiger partial charge in [0.25, 0.3) is 5.91 Å². The van der Waals surface area contributed by atoms with Gasteiger partial charge in [0, 0.05) is 13.1 Å². The van der Waals surface area contributed by atoms with Gasteiger partial charge in [-0.3, -0.25) is 4.79 Å². The minimum Gasteiger partial charge on any atom is -0.444 e. The van der Waals surface area contributed by atoms with Crippen LogP contribution in [-0.2, 0) is 19.0 Å². The fraction of sp³-hybridized carbons (Fsp3) is 0.783. The maximum Gasteiger partial charge on any atom is 0.425 e. The number of imide groups is 4. The summed E-state index contributed by atoms with van der Waals surface area (Å²) >= 11 is 0. The van der Waals surface area contributed by atoms with Gasteiger partial charge in [-0.05, 0) is 81.6 Å². The fourth-order valence-corrected chi connectivity index (χ4v) is 3.77. The Balaban J connectivity index is 2.43. The Morgan fingerprint density at radius 2 is 1.18 bits per heavy atom. The van der Waals surface area contributed by atoms with E-state index in [1.54, 1.807) is 62.3 Å². The highest BCUT2D eigenvalue weighted by molar-refractivity contribution is 6.20. The second-order valence-corrected chi connectivity index (χ2v) is 11.6. The molecule has 2 rings (SSSR count). The molecule has 1 unspecified atom stereocenters. The molecule has 2 aliphatic rings. The SMILES string of the molecule is CC(C)(C)OC(=O)N1CCCC2(CC1)C(=O)N(C(=O)OC(C)(C)C)C(=O)N2C(=O)OC(C)(C)C. The van der Waals surface area contributed by atoms with Crippen LogP contribution in [0.5, 0.6) is 0 Å². The smallest absolute Gasteiger partial charge is 0.425 e. The Bertz CT molecular complexity index is 865. The average molecular weight is 484 g/mol. The first-order valence-electron chi connectivity index (χ1n) is 11.4. The summed E-state index contributed by atoms with van der Waals surface area (Å²) in [6, 6.07) is -1.13. The van der Waals surface area contributed by atoms with Crippen LogP contribution in [0.2, 0.25) is 0 Å². The van der Waals surface area contributed by atoms with Crippen molar-refractivity contribution in [3.63, 3.8) is 0 Å². The van der Waals surface area contributed by atoms with Gasteiger partial charge in [-0.15, -0.1) is 0 Å². The van der Waals surface area contributed by atoms with Crippen LogP contribution in [0.3, 0.4) is 0 Å². The summed E-state index contributed by atoms with van der Waals surface area (Å²) in [7, 11) is 0. The number of ether oxygens (including phenoxy) is 3. The monoisotopic (exact) mass is 483 g/mol. The second kappa shape index (κ2) is 9.07. The molecule has 2 heterocycles. The summed E-state index contributed by atoms with van der Waals surface area (Å²) in [5.74, 6) is -0.872. The molecule has 11 heteroatoms. The van der Waals surface area contributed by atoms with Crippen LogP contribution in [0.15, 0.2) is 0 Å². The summed E-state index contributed by atoms with van der Waals surface area (Å²) in [6.45, 7) is 15.2. The molecule has 2 saturated heterocycles. The van der Waals surface area contributed by atoms with Crippen molar-refractivity contribution in [3.05, 3.63) is 0 Å². The third-order valence-electron chi connectivity index (χ3n) is 5.03. The molecule has 192 valence electrons. The highest BCUT2D eigenvalue weighted by atomic mass is 16.6. The van der Waals surface area contributed by atoms with Crippen molar-refractivity contribution < 1.29 is 38.2 Å². The molecule has 2 aliphatic heterocycles. The first kappa shape index (κ1) is 27.4. The van der Waals surface area contributed by atoms with Crippen LogP contribution in [0.4, 0.5) is 19.2 Å². The zero-order valence-electron chi connectivity index (χ0n) is 21.6. The van der Waals surface area contributed by atoms with E-state index in [1.807, 2.05) is 0 Å². The molecule has 0 N–H and O–H groups in total. The van der Waals surface area contributed by atoms with Crippen LogP contribution in [0.25, 0.3) is 0 Å². The number of nitrogens with zero attached hydrogens (tertiary/aromatic N) is 3. The number of carbonyl (C=O) groups is 5. The normalized spacial score (nSPS) is 22.1. The van der Waals surface area contributed by atoms with E-state index in [4.69, 9.17) is 14.2 Å². The molecule has 0 radical (unpaired) electrons. The molecule has 6 amide bonds. The van der Waals surface area contributed by atoms with Crippen LogP contribution in [-0.4, -0.2) is 80.3 Å². The predicted molar refractivity (Wildman–Crippen MR) is 121 cm³/mol. The number of hydrogen-bond acceptors (Lipinski definition) is 8. The van der Waals surface area contributed by atoms with E-state index < -0.39 is 52.6 Å². The molecule has 0 aromatic heterocycles.